The molecule has 3 N–H and O–H groups in total. The molecule has 0 aliphatic carbocycles. The Morgan fingerprint density at radius 3 is 2.59 bits per heavy atom. The average molecular weight is 638 g/mol. The monoisotopic (exact) mass is 637 g/mol. The van der Waals surface area contributed by atoms with Gasteiger partial charge in [0.25, 0.3) is 5.91 Å². The molecule has 244 valence electrons. The maximum absolute atomic E-state index is 14.0. The van der Waals surface area contributed by atoms with Gasteiger partial charge in [0, 0.05) is 81.1 Å². The second-order valence-electron chi connectivity index (χ2n) is 11.3. The van der Waals surface area contributed by atoms with Gasteiger partial charge in [0.05, 0.1) is 17.9 Å². The third kappa shape index (κ3) is 7.57. The molecule has 0 saturated carbocycles. The van der Waals surface area contributed by atoms with E-state index in [0.29, 0.717) is 60.8 Å². The Labute approximate surface area is 265 Å². The largest absolute Gasteiger partial charge is 0.416 e. The normalized spacial score (nSPS) is 15.6. The van der Waals surface area contributed by atoms with E-state index in [1.165, 1.54) is 12.4 Å². The number of carbonyl (C=O) groups is 1. The van der Waals surface area contributed by atoms with Gasteiger partial charge in [0.2, 0.25) is 0 Å². The van der Waals surface area contributed by atoms with Gasteiger partial charge in [-0.1, -0.05) is 6.07 Å². The van der Waals surface area contributed by atoms with Crippen molar-refractivity contribution in [3.05, 3.63) is 77.2 Å². The van der Waals surface area contributed by atoms with Gasteiger partial charge < -0.3 is 25.6 Å². The topological polar surface area (TPSA) is 112 Å². The van der Waals surface area contributed by atoms with Crippen LogP contribution in [-0.2, 0) is 10.9 Å². The van der Waals surface area contributed by atoms with Crippen LogP contribution in [0.5, 0.6) is 0 Å². The Hall–Kier alpha value is -4.69. The highest BCUT2D eigenvalue weighted by molar-refractivity contribution is 6.05. The van der Waals surface area contributed by atoms with Crippen LogP contribution >= 0.6 is 0 Å². The molecule has 0 unspecified atom stereocenters. The highest BCUT2D eigenvalue weighted by Crippen LogP contribution is 2.35. The Morgan fingerprint density at radius 2 is 1.87 bits per heavy atom. The van der Waals surface area contributed by atoms with Gasteiger partial charge in [-0.25, -0.2) is 9.97 Å². The number of aromatic nitrogens is 4. The Bertz CT molecular complexity index is 1690. The number of hydrogen-bond acceptors (Lipinski definition) is 9. The van der Waals surface area contributed by atoms with E-state index in [9.17, 15) is 18.0 Å². The SMILES string of the molecule is CNc1cc(-n2nc(C)cc2Nc2cc(NC(=O)c3cc(N4CCN(CCOC)C[C@H]4C)cc(C(F)(F)F)c3)ccc2C)ncn1. The van der Waals surface area contributed by atoms with E-state index in [1.807, 2.05) is 37.8 Å². The van der Waals surface area contributed by atoms with Gasteiger partial charge >= 0.3 is 6.18 Å². The number of methoxy groups -OCH3 is 1. The first-order chi connectivity index (χ1) is 21.9. The lowest BCUT2D eigenvalue weighted by atomic mass is 10.0. The molecule has 5 rings (SSSR count). The first kappa shape index (κ1) is 32.7. The van der Waals surface area contributed by atoms with Gasteiger partial charge in [-0.05, 0) is 56.7 Å². The molecule has 1 aliphatic heterocycles. The van der Waals surface area contributed by atoms with Gasteiger partial charge in [-0.15, -0.1) is 0 Å². The number of nitrogens with zero attached hydrogens (tertiary/aromatic N) is 6. The summed E-state index contributed by atoms with van der Waals surface area (Å²) in [4.78, 5) is 26.1. The molecule has 14 heteroatoms. The smallest absolute Gasteiger partial charge is 0.383 e. The first-order valence-corrected chi connectivity index (χ1v) is 14.9. The van der Waals surface area contributed by atoms with Crippen LogP contribution in [0.3, 0.4) is 0 Å². The number of benzene rings is 2. The Balaban J connectivity index is 1.38. The Morgan fingerprint density at radius 1 is 1.07 bits per heavy atom. The molecule has 0 spiro atoms. The highest BCUT2D eigenvalue weighted by Gasteiger charge is 2.33. The molecule has 2 aromatic heterocycles. The van der Waals surface area contributed by atoms with Crippen LogP contribution in [-0.4, -0.2) is 83.5 Å². The maximum atomic E-state index is 14.0. The molecule has 0 bridgehead atoms. The van der Waals surface area contributed by atoms with Crippen LogP contribution < -0.4 is 20.9 Å². The van der Waals surface area contributed by atoms with E-state index in [2.05, 4.69) is 35.9 Å². The summed E-state index contributed by atoms with van der Waals surface area (Å²) in [6.45, 7) is 8.94. The number of alkyl halides is 3. The lowest BCUT2D eigenvalue weighted by Crippen LogP contribution is -2.52. The number of rotatable bonds is 10. The molecule has 3 heterocycles. The molecule has 4 aromatic rings. The summed E-state index contributed by atoms with van der Waals surface area (Å²) in [6, 6.07) is 12.4. The number of carbonyl (C=O) groups excluding carboxylic acids is 1. The third-order valence-corrected chi connectivity index (χ3v) is 7.88. The van der Waals surface area contributed by atoms with Gasteiger partial charge in [0.15, 0.2) is 5.82 Å². The third-order valence-electron chi connectivity index (χ3n) is 7.88. The molecule has 0 radical (unpaired) electrons. The van der Waals surface area contributed by atoms with Crippen LogP contribution in [0.15, 0.2) is 54.9 Å². The zero-order chi connectivity index (χ0) is 33.0. The van der Waals surface area contributed by atoms with Gasteiger partial charge in [0.1, 0.15) is 18.0 Å². The molecular weight excluding hydrogens is 599 g/mol. The molecule has 1 saturated heterocycles. The van der Waals surface area contributed by atoms with Crippen LogP contribution in [0.2, 0.25) is 0 Å². The number of aryl methyl sites for hydroxylation is 2. The van der Waals surface area contributed by atoms with Crippen LogP contribution in [0, 0.1) is 13.8 Å². The second-order valence-corrected chi connectivity index (χ2v) is 11.3. The van der Waals surface area contributed by atoms with Crippen molar-refractivity contribution < 1.29 is 22.7 Å². The molecule has 1 aliphatic rings. The molecule has 2 aromatic carbocycles. The summed E-state index contributed by atoms with van der Waals surface area (Å²) in [5.41, 5.74) is 2.13. The van der Waals surface area contributed by atoms with Crippen molar-refractivity contribution in [2.45, 2.75) is 33.0 Å². The van der Waals surface area contributed by atoms with Crippen LogP contribution in [0.1, 0.15) is 34.1 Å². The highest BCUT2D eigenvalue weighted by atomic mass is 19.4. The molecule has 11 nitrogen and oxygen atoms in total. The number of piperazine rings is 1. The maximum Gasteiger partial charge on any atom is 0.416 e. The minimum absolute atomic E-state index is 0.0556. The van der Waals surface area contributed by atoms with E-state index in [-0.39, 0.29) is 11.6 Å². The minimum atomic E-state index is -4.62. The zero-order valence-electron chi connectivity index (χ0n) is 26.4. The summed E-state index contributed by atoms with van der Waals surface area (Å²) in [7, 11) is 3.40. The summed E-state index contributed by atoms with van der Waals surface area (Å²) in [5.74, 6) is 1.16. The Kier molecular flexibility index (Phi) is 9.77. The van der Waals surface area contributed by atoms with E-state index in [4.69, 9.17) is 4.74 Å². The van der Waals surface area contributed by atoms with Crippen LogP contribution in [0.25, 0.3) is 5.82 Å². The number of hydrogen-bond donors (Lipinski definition) is 3. The fraction of sp³-hybridized carbons (Fsp3) is 0.375. The van der Waals surface area contributed by atoms with Crippen molar-refractivity contribution in [1.29, 1.82) is 0 Å². The van der Waals surface area contributed by atoms with Crippen molar-refractivity contribution >= 4 is 34.6 Å². The van der Waals surface area contributed by atoms with Crippen molar-refractivity contribution in [2.24, 2.45) is 0 Å². The average Bonchev–Trinajstić information content (AvgIpc) is 3.40. The van der Waals surface area contributed by atoms with Crippen molar-refractivity contribution in [2.75, 3.05) is 67.8 Å². The van der Waals surface area contributed by atoms with Gasteiger partial charge in [-0.2, -0.15) is 23.0 Å². The quantitative estimate of drug-likeness (QED) is 0.208. The van der Waals surface area contributed by atoms with E-state index >= 15 is 0 Å². The predicted molar refractivity (Wildman–Crippen MR) is 172 cm³/mol. The predicted octanol–water partition coefficient (Wildman–Crippen LogP) is 5.49. The molecule has 46 heavy (non-hydrogen) atoms. The zero-order valence-corrected chi connectivity index (χ0v) is 26.4. The van der Waals surface area contributed by atoms with Crippen molar-refractivity contribution in [3.63, 3.8) is 0 Å². The minimum Gasteiger partial charge on any atom is -0.383 e. The number of ether oxygens (including phenoxy) is 1. The summed E-state index contributed by atoms with van der Waals surface area (Å²) < 4.78 is 48.8. The molecular formula is C32H38F3N9O2. The number of amides is 1. The number of nitrogens with one attached hydrogen (secondary N) is 3. The van der Waals surface area contributed by atoms with Crippen molar-refractivity contribution in [1.82, 2.24) is 24.6 Å². The fourth-order valence-corrected chi connectivity index (χ4v) is 5.45. The summed E-state index contributed by atoms with van der Waals surface area (Å²) in [6.07, 6.45) is -3.18. The molecule has 1 atom stereocenters. The lowest BCUT2D eigenvalue weighted by Gasteiger charge is -2.41. The van der Waals surface area contributed by atoms with E-state index < -0.39 is 17.6 Å². The lowest BCUT2D eigenvalue weighted by molar-refractivity contribution is -0.137. The van der Waals surface area contributed by atoms with E-state index in [0.717, 1.165) is 29.9 Å². The summed E-state index contributed by atoms with van der Waals surface area (Å²) >= 11 is 0. The van der Waals surface area contributed by atoms with Gasteiger partial charge in [-0.3, -0.25) is 9.69 Å². The summed E-state index contributed by atoms with van der Waals surface area (Å²) in [5, 5.41) is 13.7. The second kappa shape index (κ2) is 13.7. The fourth-order valence-electron chi connectivity index (χ4n) is 5.45. The molecule has 1 amide bonds. The van der Waals surface area contributed by atoms with Crippen molar-refractivity contribution in [3.8, 4) is 5.82 Å². The van der Waals surface area contributed by atoms with E-state index in [1.54, 1.807) is 37.0 Å². The first-order valence-electron chi connectivity index (χ1n) is 14.9. The van der Waals surface area contributed by atoms with Crippen LogP contribution in [0.4, 0.5) is 41.9 Å². The standard InChI is InChI=1S/C32H38F3N9O2/c1-20-6-7-25(16-27(20)40-30-12-21(2)41-44(30)29-17-28(36-4)37-19-38-29)39-31(45)23-13-24(32(33,34)35)15-26(14-23)43-9-8-42(10-11-46-5)18-22(43)3/h6-7,12-17,19,22,40H,8-11,18H2,1-5H3,(H,39,45)(H,36,37,38)/t22-/m1/s1. The number of halogens is 3. The number of anilines is 5. The molecule has 1 fully saturated rings.